The standard InChI is InChI=1S/C25H19Cl3N2O3/c1-2-32-23-13-16(9-10-22(23)33-15-17-5-3-6-19(26)12-17)11-18(14-29)25(31)30-21-8-4-7-20(27)24(21)28/h3-13H,2,15H2,1H3,(H,30,31)/b18-11+. The van der Waals surface area contributed by atoms with Crippen molar-refractivity contribution in [2.75, 3.05) is 11.9 Å². The van der Waals surface area contributed by atoms with Crippen molar-refractivity contribution in [1.82, 2.24) is 0 Å². The molecule has 0 aliphatic rings. The van der Waals surface area contributed by atoms with E-state index >= 15 is 0 Å². The first-order chi connectivity index (χ1) is 15.9. The molecule has 0 fully saturated rings. The average molecular weight is 502 g/mol. The van der Waals surface area contributed by atoms with E-state index in [4.69, 9.17) is 44.3 Å². The molecule has 0 unspecified atom stereocenters. The number of ether oxygens (including phenoxy) is 2. The Bertz CT molecular complexity index is 1240. The van der Waals surface area contributed by atoms with Gasteiger partial charge in [0.1, 0.15) is 18.2 Å². The number of hydrogen-bond donors (Lipinski definition) is 1. The lowest BCUT2D eigenvalue weighted by Crippen LogP contribution is -2.13. The molecule has 3 aromatic carbocycles. The summed E-state index contributed by atoms with van der Waals surface area (Å²) >= 11 is 18.1. The second kappa shape index (κ2) is 11.6. The fourth-order valence-electron chi connectivity index (χ4n) is 2.90. The number of carbonyl (C=O) groups is 1. The molecule has 0 bridgehead atoms. The van der Waals surface area contributed by atoms with Gasteiger partial charge >= 0.3 is 0 Å². The quantitative estimate of drug-likeness (QED) is 0.262. The largest absolute Gasteiger partial charge is 0.490 e. The van der Waals surface area contributed by atoms with Gasteiger partial charge in [-0.1, -0.05) is 59.1 Å². The first-order valence-corrected chi connectivity index (χ1v) is 11.1. The third-order valence-corrected chi connectivity index (χ3v) is 5.48. The van der Waals surface area contributed by atoms with Gasteiger partial charge in [0.25, 0.3) is 5.91 Å². The van der Waals surface area contributed by atoms with Crippen molar-refractivity contribution in [3.05, 3.63) is 92.4 Å². The molecule has 0 atom stereocenters. The highest BCUT2D eigenvalue weighted by Gasteiger charge is 2.14. The van der Waals surface area contributed by atoms with Gasteiger partial charge in [-0.15, -0.1) is 0 Å². The maximum absolute atomic E-state index is 12.6. The summed E-state index contributed by atoms with van der Waals surface area (Å²) in [7, 11) is 0. The number of nitriles is 1. The van der Waals surface area contributed by atoms with Gasteiger partial charge in [-0.2, -0.15) is 5.26 Å². The molecule has 0 radical (unpaired) electrons. The number of hydrogen-bond acceptors (Lipinski definition) is 4. The van der Waals surface area contributed by atoms with Crippen LogP contribution in [-0.2, 0) is 11.4 Å². The van der Waals surface area contributed by atoms with Crippen LogP contribution < -0.4 is 14.8 Å². The summed E-state index contributed by atoms with van der Waals surface area (Å²) in [6.07, 6.45) is 1.46. The number of halogens is 3. The molecule has 0 aromatic heterocycles. The number of anilines is 1. The molecular weight excluding hydrogens is 483 g/mol. The van der Waals surface area contributed by atoms with Crippen LogP contribution in [0.5, 0.6) is 11.5 Å². The molecule has 0 aliphatic carbocycles. The molecule has 0 saturated carbocycles. The lowest BCUT2D eigenvalue weighted by Gasteiger charge is -2.13. The molecule has 8 heteroatoms. The van der Waals surface area contributed by atoms with Gasteiger partial charge in [0, 0.05) is 5.02 Å². The van der Waals surface area contributed by atoms with Crippen molar-refractivity contribution < 1.29 is 14.3 Å². The smallest absolute Gasteiger partial charge is 0.266 e. The number of nitrogens with zero attached hydrogens (tertiary/aromatic N) is 1. The van der Waals surface area contributed by atoms with Crippen LogP contribution in [0.25, 0.3) is 6.08 Å². The van der Waals surface area contributed by atoms with Gasteiger partial charge in [0.2, 0.25) is 0 Å². The average Bonchev–Trinajstić information content (AvgIpc) is 2.80. The second-order valence-corrected chi connectivity index (χ2v) is 8.00. The molecule has 1 N–H and O–H groups in total. The highest BCUT2D eigenvalue weighted by Crippen LogP contribution is 2.32. The zero-order chi connectivity index (χ0) is 23.8. The molecular formula is C25H19Cl3N2O3. The molecule has 168 valence electrons. The Balaban J connectivity index is 1.80. The minimum atomic E-state index is -0.610. The maximum Gasteiger partial charge on any atom is 0.266 e. The van der Waals surface area contributed by atoms with E-state index in [9.17, 15) is 10.1 Å². The molecule has 0 aliphatic heterocycles. The molecule has 33 heavy (non-hydrogen) atoms. The molecule has 3 rings (SSSR count). The Morgan fingerprint density at radius 2 is 1.82 bits per heavy atom. The zero-order valence-electron chi connectivity index (χ0n) is 17.6. The number of benzene rings is 3. The van der Waals surface area contributed by atoms with E-state index in [2.05, 4.69) is 5.32 Å². The third kappa shape index (κ3) is 6.66. The zero-order valence-corrected chi connectivity index (χ0v) is 19.8. The molecule has 5 nitrogen and oxygen atoms in total. The van der Waals surface area contributed by atoms with Crippen LogP contribution in [0.1, 0.15) is 18.1 Å². The summed E-state index contributed by atoms with van der Waals surface area (Å²) in [4.78, 5) is 12.6. The lowest BCUT2D eigenvalue weighted by molar-refractivity contribution is -0.112. The van der Waals surface area contributed by atoms with Crippen molar-refractivity contribution >= 4 is 52.5 Å². The predicted molar refractivity (Wildman–Crippen MR) is 132 cm³/mol. The summed E-state index contributed by atoms with van der Waals surface area (Å²) in [6.45, 7) is 2.58. The first-order valence-electron chi connectivity index (χ1n) is 9.92. The molecule has 0 saturated heterocycles. The van der Waals surface area contributed by atoms with Crippen LogP contribution in [0.15, 0.2) is 66.2 Å². The van der Waals surface area contributed by atoms with Crippen LogP contribution in [0.4, 0.5) is 5.69 Å². The van der Waals surface area contributed by atoms with Crippen LogP contribution in [0.3, 0.4) is 0 Å². The predicted octanol–water partition coefficient (Wildman–Crippen LogP) is 7.17. The van der Waals surface area contributed by atoms with Crippen LogP contribution in [-0.4, -0.2) is 12.5 Å². The fourth-order valence-corrected chi connectivity index (χ4v) is 3.46. The van der Waals surface area contributed by atoms with Gasteiger partial charge in [0.05, 0.1) is 22.3 Å². The van der Waals surface area contributed by atoms with Crippen LogP contribution in [0, 0.1) is 11.3 Å². The van der Waals surface area contributed by atoms with Crippen LogP contribution in [0.2, 0.25) is 15.1 Å². The number of amides is 1. The Kier molecular flexibility index (Phi) is 8.62. The SMILES string of the molecule is CCOc1cc(/C=C(\C#N)C(=O)Nc2cccc(Cl)c2Cl)ccc1OCc1cccc(Cl)c1. The normalized spacial score (nSPS) is 10.9. The van der Waals surface area contributed by atoms with Gasteiger partial charge < -0.3 is 14.8 Å². The fraction of sp³-hybridized carbons (Fsp3) is 0.120. The Morgan fingerprint density at radius 3 is 2.55 bits per heavy atom. The summed E-state index contributed by atoms with van der Waals surface area (Å²) in [5.41, 5.74) is 1.71. The highest BCUT2D eigenvalue weighted by molar-refractivity contribution is 6.44. The van der Waals surface area contributed by atoms with Crippen molar-refractivity contribution in [3.63, 3.8) is 0 Å². The van der Waals surface area contributed by atoms with Gasteiger partial charge in [-0.3, -0.25) is 4.79 Å². The number of carbonyl (C=O) groups excluding carboxylic acids is 1. The molecule has 0 spiro atoms. The highest BCUT2D eigenvalue weighted by atomic mass is 35.5. The molecule has 1 amide bonds. The van der Waals surface area contributed by atoms with E-state index in [1.807, 2.05) is 31.2 Å². The minimum absolute atomic E-state index is 0.110. The topological polar surface area (TPSA) is 71.3 Å². The van der Waals surface area contributed by atoms with E-state index in [0.29, 0.717) is 46.0 Å². The Labute approximate surface area is 207 Å². The van der Waals surface area contributed by atoms with Gasteiger partial charge in [-0.05, 0) is 60.5 Å². The first kappa shape index (κ1) is 24.5. The van der Waals surface area contributed by atoms with Crippen molar-refractivity contribution in [2.45, 2.75) is 13.5 Å². The van der Waals surface area contributed by atoms with Gasteiger partial charge in [-0.25, -0.2) is 0 Å². The summed E-state index contributed by atoms with van der Waals surface area (Å²) in [6, 6.07) is 19.3. The molecule has 0 heterocycles. The van der Waals surface area contributed by atoms with E-state index in [0.717, 1.165) is 5.56 Å². The van der Waals surface area contributed by atoms with Crippen molar-refractivity contribution in [3.8, 4) is 17.6 Å². The number of rotatable bonds is 8. The Morgan fingerprint density at radius 1 is 1.03 bits per heavy atom. The monoisotopic (exact) mass is 500 g/mol. The van der Waals surface area contributed by atoms with Gasteiger partial charge in [0.15, 0.2) is 11.5 Å². The summed E-state index contributed by atoms with van der Waals surface area (Å²) in [5, 5.41) is 13.2. The van der Waals surface area contributed by atoms with E-state index in [-0.39, 0.29) is 10.6 Å². The Hall–Kier alpha value is -3.17. The third-order valence-electron chi connectivity index (χ3n) is 4.43. The number of nitrogens with one attached hydrogen (secondary N) is 1. The summed E-state index contributed by atoms with van der Waals surface area (Å²) < 4.78 is 11.6. The maximum atomic E-state index is 12.6. The van der Waals surface area contributed by atoms with Crippen molar-refractivity contribution in [2.24, 2.45) is 0 Å². The van der Waals surface area contributed by atoms with E-state index < -0.39 is 5.91 Å². The minimum Gasteiger partial charge on any atom is -0.490 e. The lowest BCUT2D eigenvalue weighted by atomic mass is 10.1. The van der Waals surface area contributed by atoms with E-state index in [1.54, 1.807) is 42.5 Å². The van der Waals surface area contributed by atoms with E-state index in [1.165, 1.54) is 6.08 Å². The van der Waals surface area contributed by atoms with Crippen molar-refractivity contribution in [1.29, 1.82) is 5.26 Å². The second-order valence-electron chi connectivity index (χ2n) is 6.78. The summed E-state index contributed by atoms with van der Waals surface area (Å²) in [5.74, 6) is 0.410. The van der Waals surface area contributed by atoms with Crippen LogP contribution >= 0.6 is 34.8 Å². The molecule has 3 aromatic rings.